The second-order valence-electron chi connectivity index (χ2n) is 15.5. The molecule has 2 fully saturated rings. The van der Waals surface area contributed by atoms with Gasteiger partial charge < -0.3 is 29.1 Å². The summed E-state index contributed by atoms with van der Waals surface area (Å²) < 4.78 is 18.9. The lowest BCUT2D eigenvalue weighted by Crippen LogP contribution is -2.76. The number of aromatic nitrogens is 1. The van der Waals surface area contributed by atoms with E-state index in [4.69, 9.17) is 4.52 Å². The maximum absolute atomic E-state index is 14.7. The first-order valence-corrected chi connectivity index (χ1v) is 20.3. The molecular weight excluding hydrogens is 719 g/mol. The van der Waals surface area contributed by atoms with Crippen LogP contribution in [0.2, 0.25) is 0 Å². The number of hydrogen-bond donors (Lipinski definition) is 2. The van der Waals surface area contributed by atoms with Gasteiger partial charge in [-0.05, 0) is 34.2 Å². The van der Waals surface area contributed by atoms with Crippen LogP contribution >= 0.6 is 7.60 Å². The highest BCUT2D eigenvalue weighted by Gasteiger charge is 2.51. The van der Waals surface area contributed by atoms with Crippen molar-refractivity contribution in [3.63, 3.8) is 0 Å². The van der Waals surface area contributed by atoms with Crippen molar-refractivity contribution < 1.29 is 33.2 Å². The van der Waals surface area contributed by atoms with Gasteiger partial charge in [0.25, 0.3) is 0 Å². The van der Waals surface area contributed by atoms with E-state index in [0.717, 1.165) is 28.7 Å². The number of ketones is 1. The van der Waals surface area contributed by atoms with Crippen LogP contribution in [0.1, 0.15) is 54.2 Å². The van der Waals surface area contributed by atoms with Crippen LogP contribution in [0.25, 0.3) is 10.9 Å². The minimum Gasteiger partial charge on any atom is -0.425 e. The number of aryl methyl sites for hydroxylation is 1. The third-order valence-corrected chi connectivity index (χ3v) is 10.3. The lowest BCUT2D eigenvalue weighted by Gasteiger charge is -2.55. The van der Waals surface area contributed by atoms with E-state index in [1.165, 1.54) is 9.91 Å². The Morgan fingerprint density at radius 2 is 1.73 bits per heavy atom. The van der Waals surface area contributed by atoms with Crippen molar-refractivity contribution in [3.05, 3.63) is 114 Å². The van der Waals surface area contributed by atoms with Gasteiger partial charge in [0, 0.05) is 63.3 Å². The zero-order valence-corrected chi connectivity index (χ0v) is 32.9. The number of carbonyl (C=O) groups excluding carboxylic acids is 4. The van der Waals surface area contributed by atoms with Crippen LogP contribution in [-0.2, 0) is 40.7 Å². The zero-order chi connectivity index (χ0) is 39.7. The summed E-state index contributed by atoms with van der Waals surface area (Å²) in [6.45, 7) is 11.6. The van der Waals surface area contributed by atoms with E-state index in [-0.39, 0.29) is 67.9 Å². The molecule has 3 atom stereocenters. The smallest absolute Gasteiger partial charge is 0.373 e. The average molecular weight is 769 g/mol. The Labute approximate surface area is 321 Å². The molecule has 14 heteroatoms. The van der Waals surface area contributed by atoms with Gasteiger partial charge in [-0.25, -0.2) is 19.4 Å². The number of Topliss-reactive ketones (excluding diaryl/α,β-unsaturated/α-hetero) is 1. The fraction of sp³-hybridized carbons (Fsp3) is 0.366. The van der Waals surface area contributed by atoms with Crippen LogP contribution in [0, 0.1) is 5.41 Å². The fourth-order valence-corrected chi connectivity index (χ4v) is 8.00. The molecule has 0 saturated carbocycles. The standard InChI is InChI=1S/C41H49N6O7P/c1-7-20-45-27-37(49)46-34(21-28-16-18-31(19-17-28)54-55(6,52)53)39(50)44(26-36(46)47(45)40(51)42-23-29-12-9-8-10-13-29)24-30-14-11-15-32-33(25-43(5)38(30)32)35(48)22-41(2,3)4/h7-19,25,34,36H,1,20-24,26-27H2,2-6H3,(H,42,51)(H,52,53). The predicted molar refractivity (Wildman–Crippen MR) is 210 cm³/mol. The van der Waals surface area contributed by atoms with E-state index in [2.05, 4.69) is 11.9 Å². The quantitative estimate of drug-likeness (QED) is 0.106. The van der Waals surface area contributed by atoms with E-state index in [1.54, 1.807) is 40.3 Å². The number of nitrogens with zero attached hydrogens (tertiary/aromatic N) is 5. The Bertz CT molecular complexity index is 2140. The summed E-state index contributed by atoms with van der Waals surface area (Å²) in [7, 11) is -1.91. The molecule has 0 aliphatic carbocycles. The van der Waals surface area contributed by atoms with E-state index >= 15 is 0 Å². The number of nitrogens with one attached hydrogen (secondary N) is 1. The molecule has 13 nitrogen and oxygen atoms in total. The Morgan fingerprint density at radius 3 is 2.38 bits per heavy atom. The topological polar surface area (TPSA) is 145 Å². The molecule has 6 rings (SSSR count). The summed E-state index contributed by atoms with van der Waals surface area (Å²) in [5.41, 5.74) is 3.65. The SMILES string of the molecule is C=CCN1CC(=O)N2C(Cc3ccc(OP(C)(=O)O)cc3)C(=O)N(Cc3cccc4c(C(=O)CC(C)(C)C)cn(C)c34)CC2N1C(=O)NCc1ccccc1. The van der Waals surface area contributed by atoms with Gasteiger partial charge in [0.1, 0.15) is 18.0 Å². The monoisotopic (exact) mass is 768 g/mol. The summed E-state index contributed by atoms with van der Waals surface area (Å²) >= 11 is 0. The molecule has 3 aromatic carbocycles. The van der Waals surface area contributed by atoms with Crippen molar-refractivity contribution >= 4 is 42.1 Å². The number of hydrogen-bond acceptors (Lipinski definition) is 7. The van der Waals surface area contributed by atoms with Crippen molar-refractivity contribution in [1.82, 2.24) is 29.7 Å². The highest BCUT2D eigenvalue weighted by atomic mass is 31.2. The largest absolute Gasteiger partial charge is 0.425 e. The molecule has 0 radical (unpaired) electrons. The fourth-order valence-electron chi connectivity index (χ4n) is 7.49. The van der Waals surface area contributed by atoms with Crippen LogP contribution < -0.4 is 9.84 Å². The molecule has 3 unspecified atom stereocenters. The first kappa shape index (κ1) is 39.5. The third-order valence-electron chi connectivity index (χ3n) is 9.73. The van der Waals surface area contributed by atoms with E-state index in [1.807, 2.05) is 87.1 Å². The number of amides is 4. The summed E-state index contributed by atoms with van der Waals surface area (Å²) in [5.74, 6) is -0.374. The van der Waals surface area contributed by atoms with E-state index in [0.29, 0.717) is 17.5 Å². The Balaban J connectivity index is 1.38. The summed E-state index contributed by atoms with van der Waals surface area (Å²) in [5, 5.41) is 6.98. The number of piperazine rings is 1. The molecule has 290 valence electrons. The summed E-state index contributed by atoms with van der Waals surface area (Å²) in [4.78, 5) is 69.3. The number of urea groups is 1. The summed E-state index contributed by atoms with van der Waals surface area (Å²) in [6, 6.07) is 20.3. The van der Waals surface area contributed by atoms with Gasteiger partial charge in [0.2, 0.25) is 11.8 Å². The van der Waals surface area contributed by atoms with Crippen LogP contribution in [0.3, 0.4) is 0 Å². The lowest BCUT2D eigenvalue weighted by molar-refractivity contribution is -0.189. The minimum absolute atomic E-state index is 0.0269. The molecule has 55 heavy (non-hydrogen) atoms. The van der Waals surface area contributed by atoms with Crippen LogP contribution in [0.15, 0.2) is 91.6 Å². The molecule has 3 heterocycles. The van der Waals surface area contributed by atoms with Crippen molar-refractivity contribution in [1.29, 1.82) is 0 Å². The number of rotatable bonds is 12. The third kappa shape index (κ3) is 9.02. The van der Waals surface area contributed by atoms with Gasteiger partial charge in [-0.15, -0.1) is 6.58 Å². The van der Waals surface area contributed by atoms with Gasteiger partial charge in [0.15, 0.2) is 5.78 Å². The van der Waals surface area contributed by atoms with Crippen molar-refractivity contribution in [2.75, 3.05) is 26.3 Å². The van der Waals surface area contributed by atoms with Crippen LogP contribution in [-0.4, -0.2) is 91.4 Å². The number of benzene rings is 3. The molecular formula is C41H49N6O7P. The van der Waals surface area contributed by atoms with Crippen LogP contribution in [0.4, 0.5) is 4.79 Å². The highest BCUT2D eigenvalue weighted by molar-refractivity contribution is 7.52. The molecule has 4 amide bonds. The molecule has 0 spiro atoms. The first-order chi connectivity index (χ1) is 26.0. The number of carbonyl (C=O) groups is 4. The lowest BCUT2D eigenvalue weighted by atomic mass is 9.87. The maximum Gasteiger partial charge on any atom is 0.373 e. The van der Waals surface area contributed by atoms with Gasteiger partial charge in [0.05, 0.1) is 18.6 Å². The van der Waals surface area contributed by atoms with Crippen molar-refractivity contribution in [3.8, 4) is 5.75 Å². The number of para-hydroxylation sites is 1. The van der Waals surface area contributed by atoms with Gasteiger partial charge in [-0.3, -0.25) is 14.4 Å². The Hall–Kier alpha value is -5.23. The highest BCUT2D eigenvalue weighted by Crippen LogP contribution is 2.38. The average Bonchev–Trinajstić information content (AvgIpc) is 3.46. The molecule has 2 aliphatic rings. The zero-order valence-electron chi connectivity index (χ0n) is 32.0. The molecule has 2 saturated heterocycles. The number of fused-ring (bicyclic) bond motifs is 2. The van der Waals surface area contributed by atoms with Crippen molar-refractivity contribution in [2.45, 2.75) is 58.9 Å². The van der Waals surface area contributed by atoms with Crippen LogP contribution in [0.5, 0.6) is 5.75 Å². The molecule has 0 bridgehead atoms. The Morgan fingerprint density at radius 1 is 1.02 bits per heavy atom. The number of hydrazine groups is 1. The normalized spacial score (nSPS) is 18.9. The second-order valence-corrected chi connectivity index (χ2v) is 17.3. The predicted octanol–water partition coefficient (Wildman–Crippen LogP) is 5.73. The second kappa shape index (κ2) is 15.9. The molecule has 4 aromatic rings. The maximum atomic E-state index is 14.7. The van der Waals surface area contributed by atoms with Gasteiger partial charge >= 0.3 is 13.6 Å². The van der Waals surface area contributed by atoms with E-state index < -0.39 is 25.8 Å². The first-order valence-electron chi connectivity index (χ1n) is 18.3. The minimum atomic E-state index is -3.79. The summed E-state index contributed by atoms with van der Waals surface area (Å²) in [6.07, 6.45) is 3.10. The Kier molecular flexibility index (Phi) is 11.4. The van der Waals surface area contributed by atoms with Crippen molar-refractivity contribution in [2.24, 2.45) is 12.5 Å². The molecule has 2 aliphatic heterocycles. The van der Waals surface area contributed by atoms with Gasteiger partial charge in [-0.1, -0.05) is 87.5 Å². The van der Waals surface area contributed by atoms with Gasteiger partial charge in [-0.2, -0.15) is 0 Å². The molecule has 1 aromatic heterocycles. The van der Waals surface area contributed by atoms with E-state index in [9.17, 15) is 28.6 Å². The molecule has 2 N–H and O–H groups in total.